The highest BCUT2D eigenvalue weighted by Crippen LogP contribution is 2.41. The molecule has 1 aromatic heterocycles. The van der Waals surface area contributed by atoms with Gasteiger partial charge in [0.25, 0.3) is 0 Å². The molecule has 0 radical (unpaired) electrons. The van der Waals surface area contributed by atoms with Crippen LogP contribution >= 0.6 is 11.8 Å². The Balaban J connectivity index is 2.09. The van der Waals surface area contributed by atoms with Crippen molar-refractivity contribution in [3.8, 4) is 11.4 Å². The fourth-order valence-corrected chi connectivity index (χ4v) is 3.27. The number of ether oxygens (including phenoxy) is 1. The number of thioether (sulfide) groups is 1. The molecular weight excluding hydrogens is 457 g/mol. The average molecular weight is 468 g/mol. The normalized spacial score (nSPS) is 12.3. The zero-order valence-corrected chi connectivity index (χ0v) is 16.1. The number of benzene rings is 2. The molecule has 1 heterocycles. The van der Waals surface area contributed by atoms with Gasteiger partial charge in [0.05, 0.1) is 11.3 Å². The van der Waals surface area contributed by atoms with E-state index < -0.39 is 57.8 Å². The molecule has 3 rings (SSSR count). The van der Waals surface area contributed by atoms with Crippen molar-refractivity contribution in [1.29, 1.82) is 0 Å². The lowest BCUT2D eigenvalue weighted by Crippen LogP contribution is -2.23. The molecular formula is C17H11F7N4O2S. The van der Waals surface area contributed by atoms with Gasteiger partial charge in [-0.05, 0) is 46.5 Å². The van der Waals surface area contributed by atoms with E-state index in [1.165, 1.54) is 19.2 Å². The van der Waals surface area contributed by atoms with Crippen molar-refractivity contribution in [2.75, 3.05) is 0 Å². The number of tetrazole rings is 1. The van der Waals surface area contributed by atoms with E-state index in [0.29, 0.717) is 22.9 Å². The number of hydrogen-bond acceptors (Lipinski definition) is 5. The molecule has 0 fully saturated rings. The summed E-state index contributed by atoms with van der Waals surface area (Å²) in [5, 5.41) is 7.00. The summed E-state index contributed by atoms with van der Waals surface area (Å²) in [7, 11) is 1.25. The Kier molecular flexibility index (Phi) is 6.02. The summed E-state index contributed by atoms with van der Waals surface area (Å²) in [6.07, 6.45) is -4.89. The number of alkyl halides is 6. The van der Waals surface area contributed by atoms with E-state index in [2.05, 4.69) is 10.4 Å². The predicted molar refractivity (Wildman–Crippen MR) is 94.2 cm³/mol. The zero-order valence-electron chi connectivity index (χ0n) is 15.3. The molecule has 0 atom stereocenters. The van der Waals surface area contributed by atoms with Crippen molar-refractivity contribution < 1.29 is 35.5 Å². The third-order valence-corrected chi connectivity index (χ3v) is 4.74. The van der Waals surface area contributed by atoms with Crippen molar-refractivity contribution >= 4 is 11.8 Å². The largest absolute Gasteiger partial charge is 0.488 e. The van der Waals surface area contributed by atoms with Crippen LogP contribution in [-0.4, -0.2) is 25.3 Å². The molecule has 0 bridgehead atoms. The number of hydrogen-bond donors (Lipinski definition) is 0. The van der Waals surface area contributed by atoms with Crippen molar-refractivity contribution in [2.45, 2.75) is 23.2 Å². The highest BCUT2D eigenvalue weighted by molar-refractivity contribution is 8.00. The van der Waals surface area contributed by atoms with Gasteiger partial charge in [-0.15, -0.1) is 0 Å². The highest BCUT2D eigenvalue weighted by Gasteiger charge is 2.35. The Labute approximate surface area is 173 Å². The summed E-state index contributed by atoms with van der Waals surface area (Å²) in [5.74, 6) is -1.96. The summed E-state index contributed by atoms with van der Waals surface area (Å²) in [4.78, 5) is 11.7. The molecule has 0 unspecified atom stereocenters. The first-order valence-electron chi connectivity index (χ1n) is 8.23. The monoisotopic (exact) mass is 468 g/mol. The van der Waals surface area contributed by atoms with Gasteiger partial charge in [0.1, 0.15) is 18.2 Å². The van der Waals surface area contributed by atoms with Gasteiger partial charge >= 0.3 is 17.4 Å². The molecule has 166 valence electrons. The zero-order chi connectivity index (χ0) is 23.0. The third-order valence-electron chi connectivity index (χ3n) is 3.90. The SMILES string of the molecule is Cn1nnn(-c2cccc(SC(F)(F)F)c2COc2cc(F)ccc2C(F)(F)F)c1=O. The minimum Gasteiger partial charge on any atom is -0.488 e. The van der Waals surface area contributed by atoms with Gasteiger partial charge in [-0.2, -0.15) is 35.7 Å². The van der Waals surface area contributed by atoms with Gasteiger partial charge in [0.15, 0.2) is 0 Å². The second-order valence-electron chi connectivity index (χ2n) is 6.03. The molecule has 0 saturated heterocycles. The van der Waals surface area contributed by atoms with Gasteiger partial charge in [0.2, 0.25) is 0 Å². The van der Waals surface area contributed by atoms with Crippen LogP contribution in [0.5, 0.6) is 5.75 Å². The molecule has 6 nitrogen and oxygen atoms in total. The minimum absolute atomic E-state index is 0.183. The quantitative estimate of drug-likeness (QED) is 0.413. The molecule has 14 heteroatoms. The van der Waals surface area contributed by atoms with Crippen LogP contribution in [0.3, 0.4) is 0 Å². The van der Waals surface area contributed by atoms with Crippen LogP contribution in [0.2, 0.25) is 0 Å². The van der Waals surface area contributed by atoms with Crippen molar-refractivity contribution in [1.82, 2.24) is 19.8 Å². The standard InChI is InChI=1S/C17H11F7N4O2S/c1-27-15(29)28(26-25-27)12-3-2-4-14(31-17(22,23)24)10(12)8-30-13-7-9(18)5-6-11(13)16(19,20)21/h2-7H,8H2,1H3. The van der Waals surface area contributed by atoms with Gasteiger partial charge in [0, 0.05) is 23.6 Å². The lowest BCUT2D eigenvalue weighted by Gasteiger charge is -2.18. The smallest absolute Gasteiger partial charge is 0.446 e. The van der Waals surface area contributed by atoms with Gasteiger partial charge in [-0.3, -0.25) is 0 Å². The summed E-state index contributed by atoms with van der Waals surface area (Å²) < 4.78 is 98.6. The first kappa shape index (κ1) is 22.7. The summed E-state index contributed by atoms with van der Waals surface area (Å²) in [6.45, 7) is -0.843. The summed E-state index contributed by atoms with van der Waals surface area (Å²) in [5.41, 5.74) is -7.33. The fraction of sp³-hybridized carbons (Fsp3) is 0.235. The van der Waals surface area contributed by atoms with Crippen molar-refractivity contribution in [3.05, 3.63) is 63.8 Å². The van der Waals surface area contributed by atoms with Gasteiger partial charge in [-0.25, -0.2) is 9.18 Å². The Morgan fingerprint density at radius 1 is 1.06 bits per heavy atom. The summed E-state index contributed by atoms with van der Waals surface area (Å²) in [6, 6.07) is 4.99. The minimum atomic E-state index is -4.89. The van der Waals surface area contributed by atoms with Crippen molar-refractivity contribution in [3.63, 3.8) is 0 Å². The van der Waals surface area contributed by atoms with E-state index in [-0.39, 0.29) is 11.3 Å². The van der Waals surface area contributed by atoms with Gasteiger partial charge < -0.3 is 4.74 Å². The Hall–Kier alpha value is -3.03. The molecule has 2 aromatic carbocycles. The maximum absolute atomic E-state index is 13.5. The Morgan fingerprint density at radius 2 is 1.77 bits per heavy atom. The number of nitrogens with zero attached hydrogens (tertiary/aromatic N) is 4. The summed E-state index contributed by atoms with van der Waals surface area (Å²) >= 11 is -0.550. The van der Waals surface area contributed by atoms with Crippen LogP contribution in [-0.2, 0) is 19.8 Å². The van der Waals surface area contributed by atoms with E-state index in [9.17, 15) is 35.5 Å². The molecule has 0 saturated carbocycles. The third kappa shape index (κ3) is 5.18. The number of aromatic nitrogens is 4. The van der Waals surface area contributed by atoms with Crippen LogP contribution < -0.4 is 10.4 Å². The lowest BCUT2D eigenvalue weighted by molar-refractivity contribution is -0.139. The van der Waals surface area contributed by atoms with Crippen LogP contribution in [0.15, 0.2) is 46.1 Å². The van der Waals surface area contributed by atoms with Crippen LogP contribution in [0.4, 0.5) is 30.7 Å². The van der Waals surface area contributed by atoms with Crippen LogP contribution in [0.1, 0.15) is 11.1 Å². The van der Waals surface area contributed by atoms with E-state index in [1.54, 1.807) is 0 Å². The van der Waals surface area contributed by atoms with E-state index in [0.717, 1.165) is 10.7 Å². The lowest BCUT2D eigenvalue weighted by atomic mass is 10.1. The molecule has 31 heavy (non-hydrogen) atoms. The van der Waals surface area contributed by atoms with Crippen LogP contribution in [0.25, 0.3) is 5.69 Å². The first-order valence-corrected chi connectivity index (χ1v) is 9.05. The molecule has 0 N–H and O–H groups in total. The first-order chi connectivity index (χ1) is 14.4. The maximum atomic E-state index is 13.5. The average Bonchev–Trinajstić information content (AvgIpc) is 2.97. The van der Waals surface area contributed by atoms with Gasteiger partial charge in [-0.1, -0.05) is 6.07 Å². The number of aryl methyl sites for hydroxylation is 1. The molecule has 0 spiro atoms. The Morgan fingerprint density at radius 3 is 2.35 bits per heavy atom. The predicted octanol–water partition coefficient (Wildman–Crippen LogP) is 4.31. The number of halogens is 7. The van der Waals surface area contributed by atoms with Crippen LogP contribution in [0, 0.1) is 5.82 Å². The highest BCUT2D eigenvalue weighted by atomic mass is 32.2. The molecule has 0 amide bonds. The second-order valence-corrected chi connectivity index (χ2v) is 7.13. The number of rotatable bonds is 5. The fourth-order valence-electron chi connectivity index (χ4n) is 2.58. The van der Waals surface area contributed by atoms with Crippen molar-refractivity contribution in [2.24, 2.45) is 7.05 Å². The van der Waals surface area contributed by atoms with E-state index in [1.807, 2.05) is 0 Å². The molecule has 0 aliphatic rings. The second kappa shape index (κ2) is 8.24. The Bertz CT molecular complexity index is 1150. The molecule has 0 aliphatic heterocycles. The molecule has 0 aliphatic carbocycles. The van der Waals surface area contributed by atoms with E-state index >= 15 is 0 Å². The molecule has 3 aromatic rings. The topological polar surface area (TPSA) is 61.9 Å². The van der Waals surface area contributed by atoms with E-state index in [4.69, 9.17) is 4.74 Å². The maximum Gasteiger partial charge on any atom is 0.446 e.